The molecule has 11 heteroatoms. The fraction of sp³-hybridized carbons (Fsp3) is 0.238. The number of carboxylic acids is 1. The molecule has 168 valence electrons. The molecule has 3 aromatic rings. The number of fused-ring (bicyclic) bond motifs is 1. The van der Waals surface area contributed by atoms with Crippen molar-refractivity contribution in [2.45, 2.75) is 12.7 Å². The lowest BCUT2D eigenvalue weighted by molar-refractivity contribution is -0.192. The highest BCUT2D eigenvalue weighted by Gasteiger charge is 2.38. The van der Waals surface area contributed by atoms with Gasteiger partial charge in [-0.15, -0.1) is 0 Å². The number of nitrogens with zero attached hydrogens (tertiary/aromatic N) is 4. The maximum atomic E-state index is 11.9. The molecule has 1 aliphatic rings. The Morgan fingerprint density at radius 3 is 2.31 bits per heavy atom. The van der Waals surface area contributed by atoms with Crippen molar-refractivity contribution in [1.82, 2.24) is 20.1 Å². The molecule has 1 aliphatic heterocycles. The van der Waals surface area contributed by atoms with Crippen LogP contribution in [0.5, 0.6) is 0 Å². The van der Waals surface area contributed by atoms with Crippen molar-refractivity contribution in [2.75, 3.05) is 25.5 Å². The summed E-state index contributed by atoms with van der Waals surface area (Å²) in [6.07, 6.45) is -3.30. The number of carboxylic acid groups (broad SMARTS) is 1. The molecule has 0 saturated heterocycles. The van der Waals surface area contributed by atoms with Crippen LogP contribution in [-0.2, 0) is 11.3 Å². The zero-order chi connectivity index (χ0) is 23.5. The predicted octanol–water partition coefficient (Wildman–Crippen LogP) is 3.05. The number of carbonyl (C=O) groups is 2. The second-order valence-electron chi connectivity index (χ2n) is 7.07. The lowest BCUT2D eigenvalue weighted by Gasteiger charge is -2.13. The molecule has 0 fully saturated rings. The Morgan fingerprint density at radius 1 is 1.09 bits per heavy atom. The summed E-state index contributed by atoms with van der Waals surface area (Å²) in [5.41, 5.74) is 5.44. The van der Waals surface area contributed by atoms with Crippen molar-refractivity contribution in [3.63, 3.8) is 0 Å². The molecule has 2 aromatic heterocycles. The van der Waals surface area contributed by atoms with Gasteiger partial charge in [-0.05, 0) is 30.3 Å². The van der Waals surface area contributed by atoms with Crippen LogP contribution in [0.15, 0.2) is 48.7 Å². The molecule has 0 atom stereocenters. The van der Waals surface area contributed by atoms with Gasteiger partial charge in [0.2, 0.25) is 0 Å². The highest BCUT2D eigenvalue weighted by atomic mass is 19.4. The molecule has 4 rings (SSSR count). The van der Waals surface area contributed by atoms with Crippen molar-refractivity contribution in [2.24, 2.45) is 0 Å². The number of hydrogen-bond acceptors (Lipinski definition) is 5. The van der Waals surface area contributed by atoms with Gasteiger partial charge >= 0.3 is 12.1 Å². The van der Waals surface area contributed by atoms with Crippen LogP contribution in [0.3, 0.4) is 0 Å². The zero-order valence-corrected chi connectivity index (χ0v) is 17.2. The molecule has 0 spiro atoms. The Morgan fingerprint density at radius 2 is 1.75 bits per heavy atom. The number of rotatable bonds is 3. The maximum Gasteiger partial charge on any atom is 0.490 e. The average Bonchev–Trinajstić information content (AvgIpc) is 3.20. The van der Waals surface area contributed by atoms with E-state index in [4.69, 9.17) is 9.90 Å². The second kappa shape index (κ2) is 9.08. The number of hydrogen-bond donors (Lipinski definition) is 2. The molecule has 0 aliphatic carbocycles. The number of amides is 1. The van der Waals surface area contributed by atoms with Crippen molar-refractivity contribution in [3.8, 4) is 22.5 Å². The molecule has 3 heterocycles. The lowest BCUT2D eigenvalue weighted by atomic mass is 10.1. The first kappa shape index (κ1) is 22.8. The molecule has 2 N–H and O–H groups in total. The molecule has 1 amide bonds. The molecule has 0 unspecified atom stereocenters. The summed E-state index contributed by atoms with van der Waals surface area (Å²) in [6, 6.07) is 14.0. The summed E-state index contributed by atoms with van der Waals surface area (Å²) < 4.78 is 33.5. The monoisotopic (exact) mass is 447 g/mol. The third-order valence-electron chi connectivity index (χ3n) is 4.60. The molecule has 8 nitrogen and oxygen atoms in total. The fourth-order valence-corrected chi connectivity index (χ4v) is 2.96. The van der Waals surface area contributed by atoms with Gasteiger partial charge in [-0.25, -0.2) is 4.79 Å². The number of nitrogens with one attached hydrogen (secondary N) is 1. The van der Waals surface area contributed by atoms with Gasteiger partial charge in [0.05, 0.1) is 17.9 Å². The number of pyridine rings is 1. The summed E-state index contributed by atoms with van der Waals surface area (Å²) in [7, 11) is 4.04. The smallest absolute Gasteiger partial charge is 0.475 e. The van der Waals surface area contributed by atoms with Crippen molar-refractivity contribution < 1.29 is 27.9 Å². The van der Waals surface area contributed by atoms with Gasteiger partial charge in [-0.1, -0.05) is 12.1 Å². The molecule has 0 radical (unpaired) electrons. The van der Waals surface area contributed by atoms with E-state index < -0.39 is 12.1 Å². The summed E-state index contributed by atoms with van der Waals surface area (Å²) in [5, 5.41) is 14.5. The number of alkyl halides is 3. The first-order valence-corrected chi connectivity index (χ1v) is 9.46. The maximum absolute atomic E-state index is 11.9. The van der Waals surface area contributed by atoms with E-state index in [0.717, 1.165) is 28.2 Å². The fourth-order valence-electron chi connectivity index (χ4n) is 2.96. The SMILES string of the molecule is CN(C)c1ccc(-c2cc(-c3cc4n(n3)CCNC4=O)ccn2)cc1.O=C(O)C(F)(F)F. The van der Waals surface area contributed by atoms with Crippen LogP contribution in [0.4, 0.5) is 18.9 Å². The number of anilines is 1. The second-order valence-corrected chi connectivity index (χ2v) is 7.07. The van der Waals surface area contributed by atoms with Crippen LogP contribution in [0.2, 0.25) is 0 Å². The summed E-state index contributed by atoms with van der Waals surface area (Å²) >= 11 is 0. The van der Waals surface area contributed by atoms with E-state index in [2.05, 4.69) is 44.6 Å². The van der Waals surface area contributed by atoms with Crippen LogP contribution < -0.4 is 10.2 Å². The number of benzene rings is 1. The number of aromatic nitrogens is 3. The van der Waals surface area contributed by atoms with E-state index in [-0.39, 0.29) is 5.91 Å². The molecule has 1 aromatic carbocycles. The first-order valence-electron chi connectivity index (χ1n) is 9.46. The van der Waals surface area contributed by atoms with E-state index in [1.807, 2.05) is 32.3 Å². The molecule has 0 saturated carbocycles. The van der Waals surface area contributed by atoms with Gasteiger partial charge in [0, 0.05) is 43.7 Å². The third-order valence-corrected chi connectivity index (χ3v) is 4.60. The van der Waals surface area contributed by atoms with E-state index in [9.17, 15) is 18.0 Å². The minimum atomic E-state index is -5.08. The largest absolute Gasteiger partial charge is 0.490 e. The Kier molecular flexibility index (Phi) is 6.47. The lowest BCUT2D eigenvalue weighted by Crippen LogP contribution is -2.35. The van der Waals surface area contributed by atoms with Gasteiger partial charge < -0.3 is 15.3 Å². The molecule has 0 bridgehead atoms. The average molecular weight is 447 g/mol. The van der Waals surface area contributed by atoms with Gasteiger partial charge in [0.15, 0.2) is 0 Å². The summed E-state index contributed by atoms with van der Waals surface area (Å²) in [6.45, 7) is 1.32. The molecular weight excluding hydrogens is 427 g/mol. The molecule has 32 heavy (non-hydrogen) atoms. The standard InChI is InChI=1S/C19H19N5O.C2HF3O2/c1-23(2)15-5-3-13(4-6-15)16-11-14(7-8-20-16)17-12-18-19(25)21-9-10-24(18)22-17;3-2(4,5)1(6)7/h3-8,11-12H,9-10H2,1-2H3,(H,21,25);(H,6,7). The minimum Gasteiger partial charge on any atom is -0.475 e. The Labute approximate surface area is 181 Å². The topological polar surface area (TPSA) is 100 Å². The van der Waals surface area contributed by atoms with Gasteiger partial charge in [-0.2, -0.15) is 18.3 Å². The first-order chi connectivity index (χ1) is 15.1. The van der Waals surface area contributed by atoms with Crippen LogP contribution in [0.25, 0.3) is 22.5 Å². The minimum absolute atomic E-state index is 0.0708. The van der Waals surface area contributed by atoms with Crippen molar-refractivity contribution >= 4 is 17.6 Å². The van der Waals surface area contributed by atoms with E-state index in [1.165, 1.54) is 0 Å². The quantitative estimate of drug-likeness (QED) is 0.640. The van der Waals surface area contributed by atoms with Crippen LogP contribution in [-0.4, -0.2) is 58.6 Å². The zero-order valence-electron chi connectivity index (χ0n) is 17.2. The van der Waals surface area contributed by atoms with Gasteiger partial charge in [-0.3, -0.25) is 14.5 Å². The summed E-state index contributed by atoms with van der Waals surface area (Å²) in [4.78, 5) is 27.4. The number of halogens is 3. The Balaban J connectivity index is 0.000000360. The number of carbonyl (C=O) groups excluding carboxylic acids is 1. The third kappa shape index (κ3) is 5.23. The molecular formula is C21H20F3N5O3. The Hall–Kier alpha value is -3.89. The Bertz CT molecular complexity index is 1120. The van der Waals surface area contributed by atoms with E-state index in [0.29, 0.717) is 18.8 Å². The van der Waals surface area contributed by atoms with Crippen LogP contribution >= 0.6 is 0 Å². The highest BCUT2D eigenvalue weighted by Crippen LogP contribution is 2.26. The van der Waals surface area contributed by atoms with Gasteiger partial charge in [0.1, 0.15) is 5.69 Å². The van der Waals surface area contributed by atoms with E-state index >= 15 is 0 Å². The van der Waals surface area contributed by atoms with Crippen molar-refractivity contribution in [3.05, 3.63) is 54.4 Å². The normalized spacial score (nSPS) is 12.8. The van der Waals surface area contributed by atoms with Crippen molar-refractivity contribution in [1.29, 1.82) is 0 Å². The highest BCUT2D eigenvalue weighted by molar-refractivity contribution is 5.94. The number of aliphatic carboxylic acids is 1. The van der Waals surface area contributed by atoms with Crippen LogP contribution in [0.1, 0.15) is 10.5 Å². The predicted molar refractivity (Wildman–Crippen MR) is 111 cm³/mol. The van der Waals surface area contributed by atoms with E-state index in [1.54, 1.807) is 10.9 Å². The van der Waals surface area contributed by atoms with Gasteiger partial charge in [0.25, 0.3) is 5.91 Å². The summed E-state index contributed by atoms with van der Waals surface area (Å²) in [5.74, 6) is -2.83. The van der Waals surface area contributed by atoms with Crippen LogP contribution in [0, 0.1) is 0 Å².